The predicted octanol–water partition coefficient (Wildman–Crippen LogP) is 2.86. The van der Waals surface area contributed by atoms with Gasteiger partial charge in [-0.1, -0.05) is 17.7 Å². The molecule has 1 aliphatic rings. The molecule has 0 aliphatic carbocycles. The fourth-order valence-corrected chi connectivity index (χ4v) is 2.47. The van der Waals surface area contributed by atoms with Crippen molar-refractivity contribution in [2.24, 2.45) is 0 Å². The van der Waals surface area contributed by atoms with E-state index >= 15 is 0 Å². The van der Waals surface area contributed by atoms with Crippen LogP contribution >= 0.6 is 0 Å². The van der Waals surface area contributed by atoms with Crippen molar-refractivity contribution in [3.8, 4) is 0 Å². The van der Waals surface area contributed by atoms with Gasteiger partial charge in [0.25, 0.3) is 0 Å². The predicted molar refractivity (Wildman–Crippen MR) is 77.3 cm³/mol. The van der Waals surface area contributed by atoms with E-state index in [0.29, 0.717) is 5.56 Å². The fourth-order valence-electron chi connectivity index (χ4n) is 2.47. The Morgan fingerprint density at radius 2 is 1.89 bits per heavy atom. The number of hydrogen-bond donors (Lipinski definition) is 1. The van der Waals surface area contributed by atoms with Gasteiger partial charge in [0, 0.05) is 0 Å². The first-order chi connectivity index (χ1) is 9.11. The van der Waals surface area contributed by atoms with Crippen LogP contribution in [0, 0.1) is 13.8 Å². The average molecular weight is 259 g/mol. The summed E-state index contributed by atoms with van der Waals surface area (Å²) < 4.78 is 4.83. The highest BCUT2D eigenvalue weighted by molar-refractivity contribution is 5.92. The number of benzene rings is 1. The third-order valence-electron chi connectivity index (χ3n) is 3.62. The third-order valence-corrected chi connectivity index (χ3v) is 3.62. The normalized spacial score (nSPS) is 15.2. The zero-order valence-corrected chi connectivity index (χ0v) is 11.9. The number of hydrogen-bond acceptors (Lipinski definition) is 3. The van der Waals surface area contributed by atoms with Crippen LogP contribution < -0.4 is 5.32 Å². The number of esters is 1. The molecule has 0 atom stereocenters. The number of aryl methyl sites for hydroxylation is 2. The second-order valence-electron chi connectivity index (χ2n) is 5.07. The Labute approximate surface area is 114 Å². The first-order valence-corrected chi connectivity index (χ1v) is 6.71. The quantitative estimate of drug-likeness (QED) is 0.830. The van der Waals surface area contributed by atoms with E-state index in [4.69, 9.17) is 4.74 Å². The van der Waals surface area contributed by atoms with Crippen molar-refractivity contribution in [3.05, 3.63) is 40.0 Å². The van der Waals surface area contributed by atoms with Gasteiger partial charge in [-0.3, -0.25) is 0 Å². The number of piperidine rings is 1. The van der Waals surface area contributed by atoms with Crippen molar-refractivity contribution in [3.63, 3.8) is 0 Å². The lowest BCUT2D eigenvalue weighted by Crippen LogP contribution is -2.23. The molecule has 0 unspecified atom stereocenters. The molecule has 19 heavy (non-hydrogen) atoms. The standard InChI is InChI=1S/C16H21NO2/c1-11-8-12(2)15(16(18)19-3)10-14(11)9-13-4-6-17-7-5-13/h8-10,17H,4-7H2,1-3H3. The number of carbonyl (C=O) groups excluding carboxylic acids is 1. The number of nitrogens with one attached hydrogen (secondary N) is 1. The van der Waals surface area contributed by atoms with E-state index < -0.39 is 0 Å². The van der Waals surface area contributed by atoms with Crippen LogP contribution in [0.1, 0.15) is 39.9 Å². The highest BCUT2D eigenvalue weighted by Crippen LogP contribution is 2.22. The Morgan fingerprint density at radius 3 is 2.53 bits per heavy atom. The summed E-state index contributed by atoms with van der Waals surface area (Å²) in [7, 11) is 1.42. The van der Waals surface area contributed by atoms with Gasteiger partial charge in [0.2, 0.25) is 0 Å². The summed E-state index contributed by atoms with van der Waals surface area (Å²) in [5.74, 6) is -0.262. The summed E-state index contributed by atoms with van der Waals surface area (Å²) in [5.41, 5.74) is 5.41. The van der Waals surface area contributed by atoms with Gasteiger partial charge in [0.15, 0.2) is 0 Å². The van der Waals surface area contributed by atoms with Crippen LogP contribution in [0.25, 0.3) is 6.08 Å². The van der Waals surface area contributed by atoms with Crippen LogP contribution in [0.2, 0.25) is 0 Å². The Kier molecular flexibility index (Phi) is 4.38. The molecule has 0 radical (unpaired) electrons. The molecule has 1 aromatic rings. The van der Waals surface area contributed by atoms with Crippen molar-refractivity contribution in [2.75, 3.05) is 20.2 Å². The summed E-state index contributed by atoms with van der Waals surface area (Å²) in [5, 5.41) is 3.35. The number of rotatable bonds is 2. The SMILES string of the molecule is COC(=O)c1cc(C=C2CCNCC2)c(C)cc1C. The zero-order valence-electron chi connectivity index (χ0n) is 11.9. The maximum absolute atomic E-state index is 11.7. The second kappa shape index (κ2) is 6.02. The second-order valence-corrected chi connectivity index (χ2v) is 5.07. The lowest BCUT2D eigenvalue weighted by atomic mass is 9.96. The van der Waals surface area contributed by atoms with Crippen molar-refractivity contribution in [1.82, 2.24) is 5.32 Å². The Hall–Kier alpha value is -1.61. The van der Waals surface area contributed by atoms with Gasteiger partial charge in [-0.2, -0.15) is 0 Å². The molecule has 1 fully saturated rings. The van der Waals surface area contributed by atoms with Crippen LogP contribution in [-0.4, -0.2) is 26.2 Å². The first kappa shape index (κ1) is 13.8. The van der Waals surface area contributed by atoms with E-state index in [2.05, 4.69) is 24.4 Å². The van der Waals surface area contributed by atoms with Crippen LogP contribution in [0.15, 0.2) is 17.7 Å². The molecule has 0 spiro atoms. The van der Waals surface area contributed by atoms with Gasteiger partial charge in [0.05, 0.1) is 12.7 Å². The maximum atomic E-state index is 11.7. The van der Waals surface area contributed by atoms with E-state index in [-0.39, 0.29) is 5.97 Å². The number of carbonyl (C=O) groups is 1. The van der Waals surface area contributed by atoms with Crippen molar-refractivity contribution < 1.29 is 9.53 Å². The molecule has 2 rings (SSSR count). The molecule has 1 saturated heterocycles. The van der Waals surface area contributed by atoms with Gasteiger partial charge in [-0.05, 0) is 62.5 Å². The lowest BCUT2D eigenvalue weighted by Gasteiger charge is -2.16. The van der Waals surface area contributed by atoms with Gasteiger partial charge in [0.1, 0.15) is 0 Å². The number of ether oxygens (including phenoxy) is 1. The lowest BCUT2D eigenvalue weighted by molar-refractivity contribution is 0.0600. The molecule has 1 aromatic carbocycles. The summed E-state index contributed by atoms with van der Waals surface area (Å²) in [4.78, 5) is 11.7. The minimum atomic E-state index is -0.262. The summed E-state index contributed by atoms with van der Waals surface area (Å²) in [6, 6.07) is 4.01. The van der Waals surface area contributed by atoms with Gasteiger partial charge in [-0.15, -0.1) is 0 Å². The molecule has 1 heterocycles. The van der Waals surface area contributed by atoms with Crippen LogP contribution in [0.3, 0.4) is 0 Å². The summed E-state index contributed by atoms with van der Waals surface area (Å²) in [6.07, 6.45) is 4.39. The maximum Gasteiger partial charge on any atom is 0.338 e. The fraction of sp³-hybridized carbons (Fsp3) is 0.438. The Morgan fingerprint density at radius 1 is 1.21 bits per heavy atom. The van der Waals surface area contributed by atoms with E-state index in [9.17, 15) is 4.79 Å². The van der Waals surface area contributed by atoms with Gasteiger partial charge in [-0.25, -0.2) is 4.79 Å². The molecule has 3 nitrogen and oxygen atoms in total. The van der Waals surface area contributed by atoms with E-state index in [1.807, 2.05) is 13.0 Å². The van der Waals surface area contributed by atoms with Crippen molar-refractivity contribution in [2.45, 2.75) is 26.7 Å². The molecule has 0 bridgehead atoms. The van der Waals surface area contributed by atoms with Crippen molar-refractivity contribution in [1.29, 1.82) is 0 Å². The molecule has 0 amide bonds. The monoisotopic (exact) mass is 259 g/mol. The minimum Gasteiger partial charge on any atom is -0.465 e. The highest BCUT2D eigenvalue weighted by Gasteiger charge is 2.12. The molecule has 3 heteroatoms. The third kappa shape index (κ3) is 3.24. The summed E-state index contributed by atoms with van der Waals surface area (Å²) >= 11 is 0. The van der Waals surface area contributed by atoms with E-state index in [0.717, 1.165) is 37.1 Å². The van der Waals surface area contributed by atoms with Gasteiger partial charge >= 0.3 is 5.97 Å². The molecular weight excluding hydrogens is 238 g/mol. The molecule has 1 N–H and O–H groups in total. The van der Waals surface area contributed by atoms with Crippen molar-refractivity contribution >= 4 is 12.0 Å². The van der Waals surface area contributed by atoms with E-state index in [1.54, 1.807) is 0 Å². The highest BCUT2D eigenvalue weighted by atomic mass is 16.5. The Bertz CT molecular complexity index is 510. The topological polar surface area (TPSA) is 38.3 Å². The number of methoxy groups -OCH3 is 1. The molecule has 1 aliphatic heterocycles. The Balaban J connectivity index is 2.36. The average Bonchev–Trinajstić information content (AvgIpc) is 2.42. The molecule has 0 aromatic heterocycles. The first-order valence-electron chi connectivity index (χ1n) is 6.71. The zero-order chi connectivity index (χ0) is 13.8. The van der Waals surface area contributed by atoms with Crippen LogP contribution in [-0.2, 0) is 4.74 Å². The van der Waals surface area contributed by atoms with Crippen LogP contribution in [0.4, 0.5) is 0 Å². The largest absolute Gasteiger partial charge is 0.465 e. The smallest absolute Gasteiger partial charge is 0.338 e. The molecule has 0 saturated carbocycles. The van der Waals surface area contributed by atoms with Gasteiger partial charge < -0.3 is 10.1 Å². The van der Waals surface area contributed by atoms with E-state index in [1.165, 1.54) is 18.2 Å². The molecular formula is C16H21NO2. The molecule has 102 valence electrons. The minimum absolute atomic E-state index is 0.262. The van der Waals surface area contributed by atoms with Crippen LogP contribution in [0.5, 0.6) is 0 Å². The summed E-state index contributed by atoms with van der Waals surface area (Å²) in [6.45, 7) is 6.11.